The van der Waals surface area contributed by atoms with E-state index in [1.807, 2.05) is 17.2 Å². The van der Waals surface area contributed by atoms with Crippen molar-refractivity contribution in [2.75, 3.05) is 5.75 Å². The first-order valence-electron chi connectivity index (χ1n) is 5.19. The first-order valence-corrected chi connectivity index (χ1v) is 6.24. The third-order valence-electron chi connectivity index (χ3n) is 2.90. The molecule has 74 valence electrons. The normalized spacial score (nSPS) is 20.1. The lowest BCUT2D eigenvalue weighted by Gasteiger charge is -2.23. The molecule has 0 fully saturated rings. The van der Waals surface area contributed by atoms with Crippen LogP contribution in [0.15, 0.2) is 36.3 Å². The summed E-state index contributed by atoms with van der Waals surface area (Å²) in [6, 6.07) is 8.85. The average molecular weight is 204 g/mol. The zero-order valence-corrected chi connectivity index (χ0v) is 9.22. The lowest BCUT2D eigenvalue weighted by Crippen LogP contribution is -2.15. The second-order valence-electron chi connectivity index (χ2n) is 3.88. The predicted octanol–water partition coefficient (Wildman–Crippen LogP) is 3.67. The van der Waals surface area contributed by atoms with Crippen LogP contribution in [-0.4, -0.2) is 5.75 Å². The van der Waals surface area contributed by atoms with Crippen molar-refractivity contribution in [2.45, 2.75) is 19.3 Å². The van der Waals surface area contributed by atoms with Crippen molar-refractivity contribution >= 4 is 11.8 Å². The summed E-state index contributed by atoms with van der Waals surface area (Å²) in [7, 11) is 0. The zero-order valence-electron chi connectivity index (χ0n) is 8.41. The Morgan fingerprint density at radius 1 is 1.36 bits per heavy atom. The molecule has 0 radical (unpaired) electrons. The van der Waals surface area contributed by atoms with Crippen LogP contribution in [0.4, 0.5) is 0 Å². The fraction of sp³-hybridized carbons (Fsp3) is 0.385. The second-order valence-corrected chi connectivity index (χ2v) is 4.88. The molecule has 14 heavy (non-hydrogen) atoms. The van der Waals surface area contributed by atoms with Crippen LogP contribution in [0.1, 0.15) is 17.5 Å². The number of hydrogen-bond donors (Lipinski definition) is 0. The zero-order chi connectivity index (χ0) is 9.80. The summed E-state index contributed by atoms with van der Waals surface area (Å²) in [6.45, 7) is 3.75. The largest absolute Gasteiger partial charge is 0.134 e. The molecule has 0 saturated carbocycles. The number of hydrogen-bond acceptors (Lipinski definition) is 1. The van der Waals surface area contributed by atoms with Crippen LogP contribution in [-0.2, 0) is 12.8 Å². The average Bonchev–Trinajstić information content (AvgIpc) is 2.26. The molecule has 0 aliphatic heterocycles. The van der Waals surface area contributed by atoms with E-state index < -0.39 is 0 Å². The van der Waals surface area contributed by atoms with E-state index in [0.29, 0.717) is 0 Å². The SMILES string of the molecule is C=CSCC1CCc2ccccc2C1. The molecule has 0 heterocycles. The Kier molecular flexibility index (Phi) is 3.30. The van der Waals surface area contributed by atoms with E-state index in [0.717, 1.165) is 5.92 Å². The molecule has 1 aliphatic rings. The van der Waals surface area contributed by atoms with E-state index in [1.54, 1.807) is 11.1 Å². The molecule has 1 aromatic rings. The van der Waals surface area contributed by atoms with Gasteiger partial charge in [-0.25, -0.2) is 0 Å². The molecule has 0 amide bonds. The van der Waals surface area contributed by atoms with E-state index in [4.69, 9.17) is 0 Å². The summed E-state index contributed by atoms with van der Waals surface area (Å²) in [6.07, 6.45) is 3.87. The highest BCUT2D eigenvalue weighted by Gasteiger charge is 2.17. The fourth-order valence-electron chi connectivity index (χ4n) is 2.12. The minimum absolute atomic E-state index is 0.855. The predicted molar refractivity (Wildman–Crippen MR) is 64.6 cm³/mol. The molecular formula is C13H16S. The van der Waals surface area contributed by atoms with Gasteiger partial charge in [-0.05, 0) is 41.7 Å². The monoisotopic (exact) mass is 204 g/mol. The van der Waals surface area contributed by atoms with Gasteiger partial charge in [-0.15, -0.1) is 11.8 Å². The van der Waals surface area contributed by atoms with Gasteiger partial charge in [0.1, 0.15) is 0 Å². The minimum Gasteiger partial charge on any atom is -0.134 e. The Morgan fingerprint density at radius 2 is 2.14 bits per heavy atom. The van der Waals surface area contributed by atoms with E-state index >= 15 is 0 Å². The Bertz CT molecular complexity index is 317. The summed E-state index contributed by atoms with van der Waals surface area (Å²) in [5, 5.41) is 1.96. The standard InChI is InChI=1S/C13H16S/c1-2-14-10-11-7-8-12-5-3-4-6-13(12)9-11/h2-6,11H,1,7-10H2. The smallest absolute Gasteiger partial charge is 0.000550 e. The maximum Gasteiger partial charge on any atom is 0.000550 e. The van der Waals surface area contributed by atoms with Crippen molar-refractivity contribution in [3.05, 3.63) is 47.4 Å². The van der Waals surface area contributed by atoms with E-state index in [9.17, 15) is 0 Å². The minimum atomic E-state index is 0.855. The summed E-state index contributed by atoms with van der Waals surface area (Å²) in [4.78, 5) is 0. The van der Waals surface area contributed by atoms with Gasteiger partial charge in [0, 0.05) is 5.75 Å². The molecule has 0 saturated heterocycles. The van der Waals surface area contributed by atoms with Gasteiger partial charge < -0.3 is 0 Å². The Morgan fingerprint density at radius 3 is 2.93 bits per heavy atom. The van der Waals surface area contributed by atoms with Gasteiger partial charge in [0.05, 0.1) is 0 Å². The quantitative estimate of drug-likeness (QED) is 0.724. The maximum absolute atomic E-state index is 3.75. The van der Waals surface area contributed by atoms with Crippen molar-refractivity contribution < 1.29 is 0 Å². The molecule has 0 aromatic heterocycles. The van der Waals surface area contributed by atoms with Crippen molar-refractivity contribution in [3.8, 4) is 0 Å². The number of benzene rings is 1. The van der Waals surface area contributed by atoms with E-state index in [-0.39, 0.29) is 0 Å². The van der Waals surface area contributed by atoms with Crippen LogP contribution in [0.25, 0.3) is 0 Å². The van der Waals surface area contributed by atoms with Crippen molar-refractivity contribution in [2.24, 2.45) is 5.92 Å². The molecule has 0 spiro atoms. The van der Waals surface area contributed by atoms with Gasteiger partial charge in [0.25, 0.3) is 0 Å². The number of rotatable bonds is 3. The molecule has 0 N–H and O–H groups in total. The summed E-state index contributed by atoms with van der Waals surface area (Å²) in [5.41, 5.74) is 3.13. The molecule has 1 aromatic carbocycles. The third-order valence-corrected chi connectivity index (χ3v) is 3.80. The van der Waals surface area contributed by atoms with Crippen LogP contribution >= 0.6 is 11.8 Å². The molecule has 1 heteroatoms. The fourth-order valence-corrected chi connectivity index (χ4v) is 2.81. The molecular weight excluding hydrogens is 188 g/mol. The van der Waals surface area contributed by atoms with Gasteiger partial charge in [-0.2, -0.15) is 0 Å². The van der Waals surface area contributed by atoms with Crippen molar-refractivity contribution in [1.29, 1.82) is 0 Å². The molecule has 0 bridgehead atoms. The van der Waals surface area contributed by atoms with Gasteiger partial charge >= 0.3 is 0 Å². The summed E-state index contributed by atoms with van der Waals surface area (Å²) >= 11 is 1.85. The second kappa shape index (κ2) is 4.70. The summed E-state index contributed by atoms with van der Waals surface area (Å²) < 4.78 is 0. The molecule has 0 nitrogen and oxygen atoms in total. The van der Waals surface area contributed by atoms with E-state index in [2.05, 4.69) is 30.8 Å². The molecule has 1 aliphatic carbocycles. The summed E-state index contributed by atoms with van der Waals surface area (Å²) in [5.74, 6) is 2.09. The van der Waals surface area contributed by atoms with Crippen molar-refractivity contribution in [3.63, 3.8) is 0 Å². The van der Waals surface area contributed by atoms with Gasteiger partial charge in [0.2, 0.25) is 0 Å². The van der Waals surface area contributed by atoms with Crippen LogP contribution in [0.2, 0.25) is 0 Å². The van der Waals surface area contributed by atoms with Crippen LogP contribution in [0.5, 0.6) is 0 Å². The lowest BCUT2D eigenvalue weighted by atomic mass is 9.85. The number of fused-ring (bicyclic) bond motifs is 1. The third kappa shape index (κ3) is 2.21. The van der Waals surface area contributed by atoms with Crippen LogP contribution < -0.4 is 0 Å². The van der Waals surface area contributed by atoms with Gasteiger partial charge in [0.15, 0.2) is 0 Å². The topological polar surface area (TPSA) is 0 Å². The van der Waals surface area contributed by atoms with Gasteiger partial charge in [-0.1, -0.05) is 30.8 Å². The Hall–Kier alpha value is -0.690. The molecule has 2 rings (SSSR count). The first kappa shape index (κ1) is 9.85. The van der Waals surface area contributed by atoms with E-state index in [1.165, 1.54) is 25.0 Å². The van der Waals surface area contributed by atoms with Crippen molar-refractivity contribution in [1.82, 2.24) is 0 Å². The van der Waals surface area contributed by atoms with Crippen LogP contribution in [0, 0.1) is 5.92 Å². The molecule has 1 unspecified atom stereocenters. The first-order chi connectivity index (χ1) is 6.90. The highest BCUT2D eigenvalue weighted by molar-refractivity contribution is 8.02. The molecule has 1 atom stereocenters. The highest BCUT2D eigenvalue weighted by atomic mass is 32.2. The number of aryl methyl sites for hydroxylation is 1. The number of thioether (sulfide) groups is 1. The Labute approximate surface area is 90.4 Å². The maximum atomic E-state index is 3.75. The van der Waals surface area contributed by atoms with Gasteiger partial charge in [-0.3, -0.25) is 0 Å². The lowest BCUT2D eigenvalue weighted by molar-refractivity contribution is 0.510. The highest BCUT2D eigenvalue weighted by Crippen LogP contribution is 2.27. The van der Waals surface area contributed by atoms with Crippen LogP contribution in [0.3, 0.4) is 0 Å². The Balaban J connectivity index is 2.02.